The van der Waals surface area contributed by atoms with Gasteiger partial charge in [0.2, 0.25) is 0 Å². The first kappa shape index (κ1) is 4.63. The highest BCUT2D eigenvalue weighted by atomic mass is 19.1. The molecule has 0 aromatic rings. The highest BCUT2D eigenvalue weighted by Gasteiger charge is 1.54. The normalized spacial score (nSPS) is 10.0. The SMILES string of the molecule is NCC=CF. The van der Waals surface area contributed by atoms with Crippen molar-refractivity contribution in [1.82, 2.24) is 0 Å². The second-order valence-electron chi connectivity index (χ2n) is 0.597. The minimum absolute atomic E-state index is 0.288. The highest BCUT2D eigenvalue weighted by Crippen LogP contribution is 1.63. The molecule has 0 bridgehead atoms. The Bertz CT molecular complexity index is 33.9. The number of hydrogen-bond acceptors (Lipinski definition) is 1. The van der Waals surface area contributed by atoms with Gasteiger partial charge in [0.1, 0.15) is 0 Å². The quantitative estimate of drug-likeness (QED) is 0.480. The lowest BCUT2D eigenvalue weighted by atomic mass is 10.7. The summed E-state index contributed by atoms with van der Waals surface area (Å²) in [6, 6.07) is 0. The Labute approximate surface area is 30.3 Å². The predicted octanol–water partition coefficient (Wildman–Crippen LogP) is 0.428. The van der Waals surface area contributed by atoms with Crippen molar-refractivity contribution in [3.8, 4) is 0 Å². The molecule has 0 unspecified atom stereocenters. The summed E-state index contributed by atoms with van der Waals surface area (Å²) < 4.78 is 10.7. The summed E-state index contributed by atoms with van der Waals surface area (Å²) >= 11 is 0. The summed E-state index contributed by atoms with van der Waals surface area (Å²) in [6.45, 7) is 0.288. The van der Waals surface area contributed by atoms with E-state index in [4.69, 9.17) is 5.73 Å². The first-order valence-electron chi connectivity index (χ1n) is 1.37. The third-order valence-corrected chi connectivity index (χ3v) is 0.225. The minimum Gasteiger partial charge on any atom is -0.327 e. The molecule has 0 saturated heterocycles. The van der Waals surface area contributed by atoms with Gasteiger partial charge in [-0.05, 0) is 6.08 Å². The lowest BCUT2D eigenvalue weighted by Gasteiger charge is -1.64. The standard InChI is InChI=1S/C3H6FN/c4-2-1-3-5/h1-2H,3,5H2. The van der Waals surface area contributed by atoms with Crippen LogP contribution in [0, 0.1) is 0 Å². The molecule has 0 aliphatic rings. The van der Waals surface area contributed by atoms with Gasteiger partial charge in [-0.15, -0.1) is 0 Å². The summed E-state index contributed by atoms with van der Waals surface area (Å²) in [4.78, 5) is 0. The lowest BCUT2D eigenvalue weighted by Crippen LogP contribution is -1.90. The van der Waals surface area contributed by atoms with Gasteiger partial charge in [0, 0.05) is 6.54 Å². The maximum atomic E-state index is 10.7. The molecule has 1 nitrogen and oxygen atoms in total. The van der Waals surface area contributed by atoms with E-state index in [1.54, 1.807) is 0 Å². The number of rotatable bonds is 1. The van der Waals surface area contributed by atoms with Gasteiger partial charge < -0.3 is 5.73 Å². The molecule has 0 heterocycles. The molecule has 0 fully saturated rings. The first-order chi connectivity index (χ1) is 2.41. The van der Waals surface area contributed by atoms with Crippen LogP contribution < -0.4 is 5.73 Å². The van der Waals surface area contributed by atoms with Crippen molar-refractivity contribution >= 4 is 0 Å². The fraction of sp³-hybridized carbons (Fsp3) is 0.333. The Kier molecular flexibility index (Phi) is 3.36. The smallest absolute Gasteiger partial charge is 0.0839 e. The van der Waals surface area contributed by atoms with Crippen LogP contribution in [0.15, 0.2) is 12.4 Å². The van der Waals surface area contributed by atoms with Crippen LogP contribution in [0.5, 0.6) is 0 Å². The largest absolute Gasteiger partial charge is 0.327 e. The molecule has 0 rings (SSSR count). The first-order valence-corrected chi connectivity index (χ1v) is 1.37. The molecule has 2 N–H and O–H groups in total. The van der Waals surface area contributed by atoms with E-state index in [0.717, 1.165) is 0 Å². The third-order valence-electron chi connectivity index (χ3n) is 0.225. The fourth-order valence-electron chi connectivity index (χ4n) is 0.0514. The Hall–Kier alpha value is -0.370. The summed E-state index contributed by atoms with van der Waals surface area (Å²) in [6.07, 6.45) is 1.67. The van der Waals surface area contributed by atoms with Crippen LogP contribution >= 0.6 is 0 Å². The molecule has 0 amide bonds. The zero-order chi connectivity index (χ0) is 4.12. The number of hydrogen-bond donors (Lipinski definition) is 1. The monoisotopic (exact) mass is 75.0 g/mol. The second-order valence-corrected chi connectivity index (χ2v) is 0.597. The van der Waals surface area contributed by atoms with Crippen LogP contribution in [0.2, 0.25) is 0 Å². The predicted molar refractivity (Wildman–Crippen MR) is 19.3 cm³/mol. The van der Waals surface area contributed by atoms with E-state index >= 15 is 0 Å². The molecule has 2 heteroatoms. The van der Waals surface area contributed by atoms with Gasteiger partial charge >= 0.3 is 0 Å². The Morgan fingerprint density at radius 3 is 2.40 bits per heavy atom. The lowest BCUT2D eigenvalue weighted by molar-refractivity contribution is 0.717. The van der Waals surface area contributed by atoms with Crippen molar-refractivity contribution in [3.63, 3.8) is 0 Å². The average Bonchev–Trinajstić information content (AvgIpc) is 1.41. The molecule has 0 aliphatic carbocycles. The van der Waals surface area contributed by atoms with Crippen LogP contribution in [0.3, 0.4) is 0 Å². The Morgan fingerprint density at radius 2 is 2.40 bits per heavy atom. The minimum atomic E-state index is 0.288. The van der Waals surface area contributed by atoms with E-state index in [9.17, 15) is 4.39 Å². The van der Waals surface area contributed by atoms with Gasteiger partial charge in [-0.1, -0.05) is 0 Å². The van der Waals surface area contributed by atoms with E-state index in [-0.39, 0.29) is 6.54 Å². The molecule has 0 spiro atoms. The van der Waals surface area contributed by atoms with E-state index in [1.807, 2.05) is 0 Å². The summed E-state index contributed by atoms with van der Waals surface area (Å²) in [5.41, 5.74) is 4.81. The van der Waals surface area contributed by atoms with Crippen molar-refractivity contribution in [2.24, 2.45) is 5.73 Å². The van der Waals surface area contributed by atoms with E-state index in [1.165, 1.54) is 6.08 Å². The average molecular weight is 75.1 g/mol. The molecule has 0 aromatic carbocycles. The van der Waals surface area contributed by atoms with Crippen LogP contribution in [0.1, 0.15) is 0 Å². The Balaban J connectivity index is 2.62. The molecule has 0 saturated carbocycles. The van der Waals surface area contributed by atoms with E-state index in [2.05, 4.69) is 0 Å². The zero-order valence-electron chi connectivity index (χ0n) is 2.82. The second kappa shape index (κ2) is 3.63. The van der Waals surface area contributed by atoms with Crippen LogP contribution in [0.25, 0.3) is 0 Å². The van der Waals surface area contributed by atoms with Crippen molar-refractivity contribution in [2.45, 2.75) is 0 Å². The van der Waals surface area contributed by atoms with Crippen molar-refractivity contribution in [1.29, 1.82) is 0 Å². The molecule has 0 aliphatic heterocycles. The van der Waals surface area contributed by atoms with Gasteiger partial charge in [-0.3, -0.25) is 0 Å². The van der Waals surface area contributed by atoms with Gasteiger partial charge in [0.25, 0.3) is 0 Å². The van der Waals surface area contributed by atoms with E-state index in [0.29, 0.717) is 6.33 Å². The van der Waals surface area contributed by atoms with Gasteiger partial charge in [0.15, 0.2) is 0 Å². The van der Waals surface area contributed by atoms with Crippen LogP contribution in [-0.4, -0.2) is 6.54 Å². The van der Waals surface area contributed by atoms with Gasteiger partial charge in [-0.2, -0.15) is 0 Å². The maximum Gasteiger partial charge on any atom is 0.0839 e. The van der Waals surface area contributed by atoms with E-state index < -0.39 is 0 Å². The molecular formula is C3H6FN. The van der Waals surface area contributed by atoms with Crippen LogP contribution in [0.4, 0.5) is 4.39 Å². The molecule has 30 valence electrons. The summed E-state index contributed by atoms with van der Waals surface area (Å²) in [5.74, 6) is 0. The Morgan fingerprint density at radius 1 is 1.80 bits per heavy atom. The van der Waals surface area contributed by atoms with Crippen LogP contribution in [-0.2, 0) is 0 Å². The van der Waals surface area contributed by atoms with Crippen molar-refractivity contribution in [2.75, 3.05) is 6.54 Å². The number of nitrogens with two attached hydrogens (primary N) is 1. The third kappa shape index (κ3) is 3.63. The highest BCUT2D eigenvalue weighted by molar-refractivity contribution is 4.71. The molecule has 5 heavy (non-hydrogen) atoms. The molecule has 0 radical (unpaired) electrons. The summed E-state index contributed by atoms with van der Waals surface area (Å²) in [7, 11) is 0. The molecule has 0 aromatic heterocycles. The van der Waals surface area contributed by atoms with Crippen molar-refractivity contribution in [3.05, 3.63) is 12.4 Å². The van der Waals surface area contributed by atoms with Gasteiger partial charge in [0.05, 0.1) is 6.33 Å². The fourth-order valence-corrected chi connectivity index (χ4v) is 0.0514. The maximum absolute atomic E-state index is 10.7. The zero-order valence-corrected chi connectivity index (χ0v) is 2.82. The number of halogens is 1. The molecule has 0 atom stereocenters. The molecular weight excluding hydrogens is 69.0 g/mol. The van der Waals surface area contributed by atoms with Crippen molar-refractivity contribution < 1.29 is 4.39 Å². The summed E-state index contributed by atoms with van der Waals surface area (Å²) in [5, 5.41) is 0. The topological polar surface area (TPSA) is 26.0 Å². The van der Waals surface area contributed by atoms with Gasteiger partial charge in [-0.25, -0.2) is 4.39 Å².